The van der Waals surface area contributed by atoms with E-state index in [1.54, 1.807) is 31.4 Å². The van der Waals surface area contributed by atoms with Gasteiger partial charge in [0.25, 0.3) is 5.91 Å². The number of hydrogen-bond donors (Lipinski definition) is 1. The highest BCUT2D eigenvalue weighted by Crippen LogP contribution is 2.32. The average molecular weight is 350 g/mol. The largest absolute Gasteiger partial charge is 0.497 e. The van der Waals surface area contributed by atoms with Gasteiger partial charge in [0.1, 0.15) is 5.75 Å². The molecule has 2 aromatic rings. The van der Waals surface area contributed by atoms with Gasteiger partial charge in [0.2, 0.25) is 0 Å². The summed E-state index contributed by atoms with van der Waals surface area (Å²) in [6.07, 6.45) is 6.64. The number of nitrogens with one attached hydrogen (secondary N) is 1. The van der Waals surface area contributed by atoms with Crippen LogP contribution in [0.3, 0.4) is 0 Å². The van der Waals surface area contributed by atoms with Crippen LogP contribution in [0.2, 0.25) is 0 Å². The van der Waals surface area contributed by atoms with Crippen molar-refractivity contribution in [2.24, 2.45) is 5.10 Å². The van der Waals surface area contributed by atoms with E-state index >= 15 is 0 Å². The quantitative estimate of drug-likeness (QED) is 0.616. The third kappa shape index (κ3) is 4.51. The van der Waals surface area contributed by atoms with E-state index in [-0.39, 0.29) is 5.91 Å². The first-order valence-corrected chi connectivity index (χ1v) is 9.26. The molecular weight excluding hydrogens is 324 g/mol. The van der Waals surface area contributed by atoms with Crippen molar-refractivity contribution in [1.82, 2.24) is 5.43 Å². The highest BCUT2D eigenvalue weighted by Gasteiger charge is 2.15. The van der Waals surface area contributed by atoms with Gasteiger partial charge in [-0.2, -0.15) is 5.10 Å². The van der Waals surface area contributed by atoms with Gasteiger partial charge < -0.3 is 4.74 Å². The lowest BCUT2D eigenvalue weighted by atomic mass is 9.84. The van der Waals surface area contributed by atoms with Crippen LogP contribution in [0, 0.1) is 0 Å². The molecule has 1 saturated carbocycles. The summed E-state index contributed by atoms with van der Waals surface area (Å²) < 4.78 is 5.10. The molecule has 1 aliphatic carbocycles. The van der Waals surface area contributed by atoms with Crippen molar-refractivity contribution >= 4 is 11.6 Å². The summed E-state index contributed by atoms with van der Waals surface area (Å²) in [5.74, 6) is 1.19. The summed E-state index contributed by atoms with van der Waals surface area (Å²) in [4.78, 5) is 12.2. The smallest absolute Gasteiger partial charge is 0.271 e. The molecule has 1 aliphatic rings. The Labute approximate surface area is 155 Å². The van der Waals surface area contributed by atoms with Crippen LogP contribution in [0.4, 0.5) is 0 Å². The summed E-state index contributed by atoms with van der Waals surface area (Å²) in [5.41, 5.74) is 6.41. The molecule has 0 unspecified atom stereocenters. The highest BCUT2D eigenvalue weighted by molar-refractivity contribution is 6.00. The van der Waals surface area contributed by atoms with E-state index in [0.29, 0.717) is 11.5 Å². The lowest BCUT2D eigenvalue weighted by Gasteiger charge is -2.22. The maximum atomic E-state index is 12.2. The van der Waals surface area contributed by atoms with Crippen LogP contribution in [0.15, 0.2) is 53.6 Å². The second-order valence-corrected chi connectivity index (χ2v) is 6.82. The summed E-state index contributed by atoms with van der Waals surface area (Å²) in [5, 5.41) is 4.24. The molecule has 0 spiro atoms. The fourth-order valence-corrected chi connectivity index (χ4v) is 3.44. The van der Waals surface area contributed by atoms with E-state index < -0.39 is 0 Å². The van der Waals surface area contributed by atoms with Crippen LogP contribution in [-0.2, 0) is 0 Å². The van der Waals surface area contributed by atoms with E-state index in [0.717, 1.165) is 17.0 Å². The van der Waals surface area contributed by atoms with Crippen LogP contribution < -0.4 is 10.2 Å². The number of carbonyl (C=O) groups is 1. The van der Waals surface area contributed by atoms with Gasteiger partial charge in [-0.05, 0) is 61.1 Å². The number of ether oxygens (including phenoxy) is 1. The predicted molar refractivity (Wildman–Crippen MR) is 105 cm³/mol. The Morgan fingerprint density at radius 1 is 0.962 bits per heavy atom. The first kappa shape index (κ1) is 18.2. The first-order valence-electron chi connectivity index (χ1n) is 9.26. The molecule has 0 heterocycles. The minimum absolute atomic E-state index is 0.231. The van der Waals surface area contributed by atoms with Gasteiger partial charge in [-0.3, -0.25) is 4.79 Å². The Balaban J connectivity index is 1.62. The fourth-order valence-electron chi connectivity index (χ4n) is 3.44. The van der Waals surface area contributed by atoms with E-state index in [4.69, 9.17) is 4.74 Å². The summed E-state index contributed by atoms with van der Waals surface area (Å²) >= 11 is 0. The third-order valence-electron chi connectivity index (χ3n) is 5.08. The second-order valence-electron chi connectivity index (χ2n) is 6.82. The van der Waals surface area contributed by atoms with Crippen molar-refractivity contribution in [1.29, 1.82) is 0 Å². The van der Waals surface area contributed by atoms with Crippen molar-refractivity contribution < 1.29 is 9.53 Å². The third-order valence-corrected chi connectivity index (χ3v) is 5.08. The number of rotatable bonds is 5. The zero-order valence-corrected chi connectivity index (χ0v) is 15.5. The monoisotopic (exact) mass is 350 g/mol. The highest BCUT2D eigenvalue weighted by atomic mass is 16.5. The predicted octanol–water partition coefficient (Wildman–Crippen LogP) is 4.90. The molecule has 0 aromatic heterocycles. The zero-order valence-electron chi connectivity index (χ0n) is 15.5. The first-order chi connectivity index (χ1) is 12.7. The Kier molecular flexibility index (Phi) is 6.05. The number of benzene rings is 2. The van der Waals surface area contributed by atoms with Crippen molar-refractivity contribution in [2.75, 3.05) is 7.11 Å². The van der Waals surface area contributed by atoms with Crippen LogP contribution in [0.5, 0.6) is 5.75 Å². The average Bonchev–Trinajstić information content (AvgIpc) is 2.72. The van der Waals surface area contributed by atoms with Gasteiger partial charge in [-0.25, -0.2) is 5.43 Å². The number of methoxy groups -OCH3 is 1. The molecule has 1 amide bonds. The standard InChI is InChI=1S/C22H26N2O2/c1-16(23-24-22(25)20-12-14-21(26-2)15-13-20)17-8-10-19(11-9-17)18-6-4-3-5-7-18/h8-15,18H,3-7H2,1-2H3,(H,24,25)/b23-16+. The number of carbonyl (C=O) groups excluding carboxylic acids is 1. The molecule has 26 heavy (non-hydrogen) atoms. The Bertz CT molecular complexity index is 758. The maximum Gasteiger partial charge on any atom is 0.271 e. The molecule has 136 valence electrons. The summed E-state index contributed by atoms with van der Waals surface area (Å²) in [6, 6.07) is 15.6. The molecule has 4 heteroatoms. The SMILES string of the molecule is COc1ccc(C(=O)N/N=C(\C)c2ccc(C3CCCCC3)cc2)cc1. The van der Waals surface area contributed by atoms with Gasteiger partial charge in [-0.15, -0.1) is 0 Å². The topological polar surface area (TPSA) is 50.7 Å². The zero-order chi connectivity index (χ0) is 18.4. The molecule has 0 saturated heterocycles. The molecule has 0 bridgehead atoms. The second kappa shape index (κ2) is 8.65. The van der Waals surface area contributed by atoms with Gasteiger partial charge in [0.15, 0.2) is 0 Å². The van der Waals surface area contributed by atoms with Crippen molar-refractivity contribution in [3.8, 4) is 5.75 Å². The molecule has 0 aliphatic heterocycles. The Morgan fingerprint density at radius 3 is 2.19 bits per heavy atom. The van der Waals surface area contributed by atoms with E-state index in [9.17, 15) is 4.79 Å². The minimum Gasteiger partial charge on any atom is -0.497 e. The van der Waals surface area contributed by atoms with E-state index in [1.165, 1.54) is 37.7 Å². The molecule has 0 atom stereocenters. The molecule has 1 N–H and O–H groups in total. The van der Waals surface area contributed by atoms with E-state index in [2.05, 4.69) is 34.8 Å². The van der Waals surface area contributed by atoms with Crippen molar-refractivity contribution in [3.63, 3.8) is 0 Å². The number of amides is 1. The Hall–Kier alpha value is -2.62. The number of hydrogen-bond acceptors (Lipinski definition) is 3. The van der Waals surface area contributed by atoms with Gasteiger partial charge in [0.05, 0.1) is 12.8 Å². The van der Waals surface area contributed by atoms with Crippen molar-refractivity contribution in [3.05, 3.63) is 65.2 Å². The van der Waals surface area contributed by atoms with Crippen LogP contribution in [0.1, 0.15) is 66.4 Å². The van der Waals surface area contributed by atoms with Crippen LogP contribution in [0.25, 0.3) is 0 Å². The molecule has 1 fully saturated rings. The molecule has 4 nitrogen and oxygen atoms in total. The van der Waals surface area contributed by atoms with Crippen LogP contribution in [-0.4, -0.2) is 18.7 Å². The lowest BCUT2D eigenvalue weighted by molar-refractivity contribution is 0.0955. The van der Waals surface area contributed by atoms with E-state index in [1.807, 2.05) is 6.92 Å². The summed E-state index contributed by atoms with van der Waals surface area (Å²) in [7, 11) is 1.60. The number of nitrogens with zero attached hydrogens (tertiary/aromatic N) is 1. The van der Waals surface area contributed by atoms with Crippen molar-refractivity contribution in [2.45, 2.75) is 44.9 Å². The van der Waals surface area contributed by atoms with Gasteiger partial charge in [-0.1, -0.05) is 43.5 Å². The maximum absolute atomic E-state index is 12.2. The van der Waals surface area contributed by atoms with Crippen LogP contribution >= 0.6 is 0 Å². The van der Waals surface area contributed by atoms with Gasteiger partial charge in [0, 0.05) is 5.56 Å². The minimum atomic E-state index is -0.231. The number of hydrazone groups is 1. The lowest BCUT2D eigenvalue weighted by Crippen LogP contribution is -2.19. The Morgan fingerprint density at radius 2 is 1.58 bits per heavy atom. The fraction of sp³-hybridized carbons (Fsp3) is 0.364. The summed E-state index contributed by atoms with van der Waals surface area (Å²) in [6.45, 7) is 1.91. The van der Waals surface area contributed by atoms with Gasteiger partial charge >= 0.3 is 0 Å². The molecule has 3 rings (SSSR count). The molecule has 0 radical (unpaired) electrons. The normalized spacial score (nSPS) is 15.5. The molecular formula is C22H26N2O2. The molecule has 2 aromatic carbocycles.